The first kappa shape index (κ1) is 22.4. The molecule has 1 aliphatic heterocycles. The zero-order valence-corrected chi connectivity index (χ0v) is 20.6. The van der Waals surface area contributed by atoms with Crippen molar-refractivity contribution in [1.29, 1.82) is 0 Å². The van der Waals surface area contributed by atoms with E-state index in [0.717, 1.165) is 56.1 Å². The summed E-state index contributed by atoms with van der Waals surface area (Å²) in [6.45, 7) is 13.5. The molecule has 5 heteroatoms. The fourth-order valence-electron chi connectivity index (χ4n) is 9.84. The molecule has 0 bridgehead atoms. The molecule has 4 aliphatic carbocycles. The van der Waals surface area contributed by atoms with Gasteiger partial charge in [-0.2, -0.15) is 0 Å². The molecule has 0 aromatic heterocycles. The van der Waals surface area contributed by atoms with Crippen LogP contribution in [0, 0.1) is 39.4 Å². The Balaban J connectivity index is 1.54. The van der Waals surface area contributed by atoms with Crippen molar-refractivity contribution in [2.45, 2.75) is 98.7 Å². The second kappa shape index (κ2) is 6.84. The Hall–Kier alpha value is -1.36. The zero-order chi connectivity index (χ0) is 23.3. The van der Waals surface area contributed by atoms with Crippen LogP contribution in [0.4, 0.5) is 0 Å². The predicted molar refractivity (Wildman–Crippen MR) is 120 cm³/mol. The monoisotopic (exact) mass is 444 g/mol. The number of esters is 2. The van der Waals surface area contributed by atoms with Gasteiger partial charge in [0.2, 0.25) is 0 Å². The fraction of sp³-hybridized carbons (Fsp3) is 0.852. The third kappa shape index (κ3) is 2.66. The van der Waals surface area contributed by atoms with E-state index in [9.17, 15) is 14.7 Å². The van der Waals surface area contributed by atoms with Gasteiger partial charge in [-0.1, -0.05) is 34.6 Å². The van der Waals surface area contributed by atoms with Crippen molar-refractivity contribution in [2.75, 3.05) is 6.61 Å². The van der Waals surface area contributed by atoms with E-state index in [0.29, 0.717) is 18.4 Å². The van der Waals surface area contributed by atoms with Gasteiger partial charge in [0.1, 0.15) is 12.7 Å². The molecule has 1 N–H and O–H groups in total. The van der Waals surface area contributed by atoms with Crippen LogP contribution in [0.25, 0.3) is 0 Å². The summed E-state index contributed by atoms with van der Waals surface area (Å²) in [5.41, 5.74) is 1.47. The van der Waals surface area contributed by atoms with Crippen molar-refractivity contribution in [3.63, 3.8) is 0 Å². The molecular formula is C27H40O5. The molecule has 1 heterocycles. The summed E-state index contributed by atoms with van der Waals surface area (Å²) in [5.74, 6) is 0.721. The Kier molecular flexibility index (Phi) is 4.79. The molecule has 0 radical (unpaired) electrons. The number of carbonyl (C=O) groups is 2. The van der Waals surface area contributed by atoms with E-state index in [1.807, 2.05) is 0 Å². The van der Waals surface area contributed by atoms with Gasteiger partial charge < -0.3 is 14.6 Å². The standard InChI is InChI=1S/C27H40O5/c1-15(28)32-21-10-12-25(4)17(24(21,2)3)9-11-26(5)18-8-7-16-14-31-23(30)22(16)27(18,6)20(29)13-19(25)26/h17-21,29H,7-14H2,1-6H3/t17?,18?,19?,20-,21+,25+,26+,27-/m1/s1. The highest BCUT2D eigenvalue weighted by molar-refractivity contribution is 5.93. The van der Waals surface area contributed by atoms with E-state index >= 15 is 0 Å². The Labute approximate surface area is 192 Å². The number of cyclic esters (lactones) is 1. The van der Waals surface area contributed by atoms with Gasteiger partial charge >= 0.3 is 11.9 Å². The maximum Gasteiger partial charge on any atom is 0.335 e. The molecule has 3 saturated carbocycles. The van der Waals surface area contributed by atoms with E-state index < -0.39 is 11.5 Å². The molecule has 0 spiro atoms. The summed E-state index contributed by atoms with van der Waals surface area (Å²) in [5, 5.41) is 11.7. The molecule has 32 heavy (non-hydrogen) atoms. The van der Waals surface area contributed by atoms with Crippen LogP contribution >= 0.6 is 0 Å². The minimum atomic E-state index is -0.536. The number of hydrogen-bond donors (Lipinski definition) is 1. The van der Waals surface area contributed by atoms with Crippen molar-refractivity contribution < 1.29 is 24.2 Å². The van der Waals surface area contributed by atoms with Gasteiger partial charge in [0.15, 0.2) is 0 Å². The first-order valence-corrected chi connectivity index (χ1v) is 12.6. The van der Waals surface area contributed by atoms with Crippen molar-refractivity contribution in [2.24, 2.45) is 39.4 Å². The van der Waals surface area contributed by atoms with E-state index in [1.165, 1.54) is 6.92 Å². The van der Waals surface area contributed by atoms with E-state index in [4.69, 9.17) is 9.47 Å². The maximum absolute atomic E-state index is 12.7. The van der Waals surface area contributed by atoms with Gasteiger partial charge in [-0.25, -0.2) is 4.79 Å². The lowest BCUT2D eigenvalue weighted by Gasteiger charge is -2.70. The van der Waals surface area contributed by atoms with Gasteiger partial charge in [0, 0.05) is 23.3 Å². The average molecular weight is 445 g/mol. The molecule has 8 atom stereocenters. The van der Waals surface area contributed by atoms with Gasteiger partial charge in [0.05, 0.1) is 6.10 Å². The first-order valence-electron chi connectivity index (χ1n) is 12.6. The Bertz CT molecular complexity index is 888. The summed E-state index contributed by atoms with van der Waals surface area (Å²) in [4.78, 5) is 24.5. The minimum absolute atomic E-state index is 0.0446. The van der Waals surface area contributed by atoms with Crippen LogP contribution in [0.1, 0.15) is 86.5 Å². The molecule has 5 aliphatic rings. The zero-order valence-electron chi connectivity index (χ0n) is 20.6. The van der Waals surface area contributed by atoms with Crippen molar-refractivity contribution >= 4 is 11.9 Å². The molecule has 178 valence electrons. The SMILES string of the molecule is CC(=O)O[C@H]1CC[C@@]2(C)C(CC[C@]3(C)C2C[C@@H](O)[C@]2(C)C4=C(CCC32)COC4=O)C1(C)C. The van der Waals surface area contributed by atoms with Crippen molar-refractivity contribution in [3.8, 4) is 0 Å². The summed E-state index contributed by atoms with van der Waals surface area (Å²) in [6, 6.07) is 0. The molecular weight excluding hydrogens is 404 g/mol. The van der Waals surface area contributed by atoms with Crippen LogP contribution in [0.2, 0.25) is 0 Å². The van der Waals surface area contributed by atoms with E-state index in [2.05, 4.69) is 34.6 Å². The Morgan fingerprint density at radius 3 is 2.34 bits per heavy atom. The topological polar surface area (TPSA) is 72.8 Å². The average Bonchev–Trinajstić information content (AvgIpc) is 3.08. The van der Waals surface area contributed by atoms with Gasteiger partial charge in [0.25, 0.3) is 0 Å². The number of fused-ring (bicyclic) bond motifs is 6. The number of aliphatic hydroxyl groups is 1. The van der Waals surface area contributed by atoms with E-state index in [1.54, 1.807) is 0 Å². The maximum atomic E-state index is 12.7. The summed E-state index contributed by atoms with van der Waals surface area (Å²) in [6.07, 6.45) is 6.19. The van der Waals surface area contributed by atoms with Gasteiger partial charge in [-0.3, -0.25) is 4.79 Å². The number of rotatable bonds is 1. The van der Waals surface area contributed by atoms with Crippen LogP contribution in [0.5, 0.6) is 0 Å². The molecule has 5 nitrogen and oxygen atoms in total. The predicted octanol–water partition coefficient (Wildman–Crippen LogP) is 4.81. The molecule has 0 aromatic rings. The normalized spacial score (nSPS) is 49.3. The molecule has 5 rings (SSSR count). The van der Waals surface area contributed by atoms with Crippen LogP contribution in [0.3, 0.4) is 0 Å². The molecule has 0 saturated heterocycles. The van der Waals surface area contributed by atoms with Crippen molar-refractivity contribution in [3.05, 3.63) is 11.1 Å². The lowest BCUT2D eigenvalue weighted by Crippen LogP contribution is -2.66. The molecule has 0 amide bonds. The van der Waals surface area contributed by atoms with Crippen LogP contribution in [-0.4, -0.2) is 35.9 Å². The largest absolute Gasteiger partial charge is 0.462 e. The first-order chi connectivity index (χ1) is 14.9. The highest BCUT2D eigenvalue weighted by atomic mass is 16.5. The Morgan fingerprint density at radius 2 is 1.66 bits per heavy atom. The lowest BCUT2D eigenvalue weighted by atomic mass is 9.35. The fourth-order valence-corrected chi connectivity index (χ4v) is 9.84. The van der Waals surface area contributed by atoms with E-state index in [-0.39, 0.29) is 40.2 Å². The van der Waals surface area contributed by atoms with Crippen LogP contribution in [0.15, 0.2) is 11.1 Å². The van der Waals surface area contributed by atoms with Crippen LogP contribution in [-0.2, 0) is 19.1 Å². The van der Waals surface area contributed by atoms with Gasteiger partial charge in [-0.15, -0.1) is 0 Å². The van der Waals surface area contributed by atoms with Crippen LogP contribution < -0.4 is 0 Å². The lowest BCUT2D eigenvalue weighted by molar-refractivity contribution is -0.236. The summed E-state index contributed by atoms with van der Waals surface area (Å²) >= 11 is 0. The summed E-state index contributed by atoms with van der Waals surface area (Å²) in [7, 11) is 0. The molecule has 0 aromatic carbocycles. The second-order valence-electron chi connectivity index (χ2n) is 12.8. The third-order valence-electron chi connectivity index (χ3n) is 11.2. The number of ether oxygens (including phenoxy) is 2. The molecule has 3 fully saturated rings. The number of aliphatic hydroxyl groups excluding tert-OH is 1. The smallest absolute Gasteiger partial charge is 0.335 e. The third-order valence-corrected chi connectivity index (χ3v) is 11.2. The second-order valence-corrected chi connectivity index (χ2v) is 12.8. The van der Waals surface area contributed by atoms with Gasteiger partial charge in [-0.05, 0) is 79.1 Å². The molecule has 3 unspecified atom stereocenters. The Morgan fingerprint density at radius 1 is 1.00 bits per heavy atom. The number of hydrogen-bond acceptors (Lipinski definition) is 5. The minimum Gasteiger partial charge on any atom is -0.462 e. The quantitative estimate of drug-likeness (QED) is 0.588. The highest BCUT2D eigenvalue weighted by Gasteiger charge is 2.69. The highest BCUT2D eigenvalue weighted by Crippen LogP contribution is 2.73. The van der Waals surface area contributed by atoms with Crippen molar-refractivity contribution in [1.82, 2.24) is 0 Å². The summed E-state index contributed by atoms with van der Waals surface area (Å²) < 4.78 is 11.2. The number of carbonyl (C=O) groups excluding carboxylic acids is 2.